The Hall–Kier alpha value is -6.06. The van der Waals surface area contributed by atoms with E-state index in [1.54, 1.807) is 0 Å². The lowest BCUT2D eigenvalue weighted by atomic mass is 9.88. The van der Waals surface area contributed by atoms with E-state index >= 15 is 0 Å². The van der Waals surface area contributed by atoms with Gasteiger partial charge in [-0.3, -0.25) is 4.98 Å². The normalized spacial score (nSPS) is 16.7. The van der Waals surface area contributed by atoms with Gasteiger partial charge in [-0.15, -0.1) is 0 Å². The molecule has 8 aromatic rings. The van der Waals surface area contributed by atoms with Crippen molar-refractivity contribution in [2.24, 2.45) is 0 Å². The van der Waals surface area contributed by atoms with Gasteiger partial charge < -0.3 is 4.90 Å². The average Bonchev–Trinajstić information content (AvgIpc) is 3.48. The summed E-state index contributed by atoms with van der Waals surface area (Å²) >= 11 is 0. The molecule has 3 heteroatoms. The molecule has 7 aromatic carbocycles. The molecule has 0 spiro atoms. The van der Waals surface area contributed by atoms with Crippen molar-refractivity contribution in [3.63, 3.8) is 0 Å². The predicted molar refractivity (Wildman–Crippen MR) is 196 cm³/mol. The van der Waals surface area contributed by atoms with Gasteiger partial charge in [0.25, 0.3) is 0 Å². The standard InChI is InChI=1S/C44H29N3/c1-2-12-29(13-3-1)47-41-21-11-10-18-36(41)39-26-28(22-25-42(39)47)30-23-24-35(32-15-5-4-14-31(30)32)40-27-45-43-37-19-8-6-16-33(37)34-17-7-9-20-38(34)44(43)46-40/h1-27,36,41H. The maximum absolute atomic E-state index is 5.32. The summed E-state index contributed by atoms with van der Waals surface area (Å²) in [7, 11) is 0. The highest BCUT2D eigenvalue weighted by Crippen LogP contribution is 2.49. The van der Waals surface area contributed by atoms with E-state index in [0.29, 0.717) is 5.92 Å². The minimum Gasteiger partial charge on any atom is -0.333 e. The van der Waals surface area contributed by atoms with Crippen LogP contribution in [-0.4, -0.2) is 16.0 Å². The quantitative estimate of drug-likeness (QED) is 0.189. The Kier molecular flexibility index (Phi) is 5.70. The Balaban J connectivity index is 1.13. The van der Waals surface area contributed by atoms with Gasteiger partial charge in [-0.25, -0.2) is 4.98 Å². The van der Waals surface area contributed by atoms with Gasteiger partial charge in [0.1, 0.15) is 0 Å². The minimum atomic E-state index is 0.270. The zero-order valence-corrected chi connectivity index (χ0v) is 25.6. The van der Waals surface area contributed by atoms with Gasteiger partial charge in [0, 0.05) is 33.6 Å². The second-order valence-electron chi connectivity index (χ2n) is 12.5. The van der Waals surface area contributed by atoms with E-state index in [2.05, 4.69) is 163 Å². The van der Waals surface area contributed by atoms with E-state index in [4.69, 9.17) is 9.97 Å². The molecule has 0 radical (unpaired) electrons. The Bertz CT molecular complexity index is 2560. The fourth-order valence-electron chi connectivity index (χ4n) is 7.93. The van der Waals surface area contributed by atoms with Crippen LogP contribution in [0.4, 0.5) is 11.4 Å². The zero-order valence-electron chi connectivity index (χ0n) is 25.6. The molecule has 2 unspecified atom stereocenters. The second-order valence-corrected chi connectivity index (χ2v) is 12.5. The van der Waals surface area contributed by atoms with Crippen LogP contribution in [0.2, 0.25) is 0 Å². The molecule has 0 amide bonds. The van der Waals surface area contributed by atoms with E-state index in [1.807, 2.05) is 6.20 Å². The molecule has 0 fully saturated rings. The Labute approximate surface area is 272 Å². The largest absolute Gasteiger partial charge is 0.333 e. The minimum absolute atomic E-state index is 0.270. The van der Waals surface area contributed by atoms with Crippen molar-refractivity contribution in [2.45, 2.75) is 12.0 Å². The Morgan fingerprint density at radius 1 is 0.511 bits per heavy atom. The van der Waals surface area contributed by atoms with Crippen LogP contribution in [0.25, 0.3) is 65.7 Å². The van der Waals surface area contributed by atoms with Crippen molar-refractivity contribution >= 4 is 54.7 Å². The number of nitrogens with zero attached hydrogens (tertiary/aromatic N) is 3. The molecular formula is C44H29N3. The van der Waals surface area contributed by atoms with Gasteiger partial charge in [0.2, 0.25) is 0 Å². The SMILES string of the molecule is C1=CC2c3cc(-c4ccc(-c5cnc6c7ccccc7c7ccccc7c6n5)c5ccccc45)ccc3N(c3ccccc3)C2C=C1. The van der Waals surface area contributed by atoms with Crippen molar-refractivity contribution in [3.8, 4) is 22.4 Å². The lowest BCUT2D eigenvalue weighted by Gasteiger charge is -2.28. The van der Waals surface area contributed by atoms with Crippen LogP contribution in [-0.2, 0) is 0 Å². The molecule has 10 rings (SSSR count). The summed E-state index contributed by atoms with van der Waals surface area (Å²) in [6, 6.07) is 48.3. The third-order valence-corrected chi connectivity index (χ3v) is 10.0. The first-order chi connectivity index (χ1) is 23.3. The number of fused-ring (bicyclic) bond motifs is 10. The third kappa shape index (κ3) is 3.93. The molecule has 1 aromatic heterocycles. The summed E-state index contributed by atoms with van der Waals surface area (Å²) < 4.78 is 0. The summed E-state index contributed by atoms with van der Waals surface area (Å²) in [5, 5.41) is 7.06. The van der Waals surface area contributed by atoms with Crippen LogP contribution < -0.4 is 4.90 Å². The molecule has 2 heterocycles. The van der Waals surface area contributed by atoms with E-state index in [1.165, 1.54) is 49.6 Å². The molecule has 0 N–H and O–H groups in total. The van der Waals surface area contributed by atoms with Crippen LogP contribution in [0.5, 0.6) is 0 Å². The topological polar surface area (TPSA) is 29.0 Å². The molecule has 47 heavy (non-hydrogen) atoms. The van der Waals surface area contributed by atoms with Crippen LogP contribution in [0.15, 0.2) is 164 Å². The highest BCUT2D eigenvalue weighted by molar-refractivity contribution is 6.23. The van der Waals surface area contributed by atoms with Crippen LogP contribution >= 0.6 is 0 Å². The molecular weight excluding hydrogens is 571 g/mol. The number of hydrogen-bond donors (Lipinski definition) is 0. The summed E-state index contributed by atoms with van der Waals surface area (Å²) in [6.45, 7) is 0. The molecule has 1 aliphatic carbocycles. The summed E-state index contributed by atoms with van der Waals surface area (Å²) in [5.41, 5.74) is 10.2. The highest BCUT2D eigenvalue weighted by Gasteiger charge is 2.37. The third-order valence-electron chi connectivity index (χ3n) is 10.0. The van der Waals surface area contributed by atoms with Gasteiger partial charge >= 0.3 is 0 Å². The van der Waals surface area contributed by atoms with Crippen molar-refractivity contribution in [3.05, 3.63) is 170 Å². The van der Waals surface area contributed by atoms with Gasteiger partial charge in [-0.2, -0.15) is 0 Å². The number of para-hydroxylation sites is 1. The maximum atomic E-state index is 5.32. The zero-order chi connectivity index (χ0) is 30.9. The van der Waals surface area contributed by atoms with E-state index < -0.39 is 0 Å². The number of hydrogen-bond acceptors (Lipinski definition) is 3. The van der Waals surface area contributed by atoms with E-state index in [9.17, 15) is 0 Å². The molecule has 0 saturated carbocycles. The van der Waals surface area contributed by atoms with Crippen molar-refractivity contribution in [1.29, 1.82) is 0 Å². The molecule has 0 bridgehead atoms. The summed E-state index contributed by atoms with van der Waals surface area (Å²) in [4.78, 5) is 12.9. The first kappa shape index (κ1) is 26.2. The van der Waals surface area contributed by atoms with E-state index in [-0.39, 0.29) is 6.04 Å². The maximum Gasteiger partial charge on any atom is 0.0979 e. The van der Waals surface area contributed by atoms with Crippen LogP contribution in [0.3, 0.4) is 0 Å². The van der Waals surface area contributed by atoms with Gasteiger partial charge in [0.05, 0.1) is 29.0 Å². The molecule has 3 nitrogen and oxygen atoms in total. The fraction of sp³-hybridized carbons (Fsp3) is 0.0455. The predicted octanol–water partition coefficient (Wildman–Crippen LogP) is 11.2. The summed E-state index contributed by atoms with van der Waals surface area (Å²) in [6.07, 6.45) is 11.0. The van der Waals surface area contributed by atoms with Crippen molar-refractivity contribution in [1.82, 2.24) is 9.97 Å². The Morgan fingerprint density at radius 3 is 1.89 bits per heavy atom. The number of anilines is 2. The number of aromatic nitrogens is 2. The van der Waals surface area contributed by atoms with Gasteiger partial charge in [-0.1, -0.05) is 133 Å². The Morgan fingerprint density at radius 2 is 1.13 bits per heavy atom. The van der Waals surface area contributed by atoms with Crippen LogP contribution in [0.1, 0.15) is 11.5 Å². The summed E-state index contributed by atoms with van der Waals surface area (Å²) in [5.74, 6) is 0.305. The first-order valence-corrected chi connectivity index (χ1v) is 16.3. The lowest BCUT2D eigenvalue weighted by molar-refractivity contribution is 0.745. The van der Waals surface area contributed by atoms with Gasteiger partial charge in [0.15, 0.2) is 0 Å². The number of benzene rings is 7. The first-order valence-electron chi connectivity index (χ1n) is 16.3. The molecule has 2 atom stereocenters. The highest BCUT2D eigenvalue weighted by atomic mass is 15.2. The average molecular weight is 600 g/mol. The van der Waals surface area contributed by atoms with E-state index in [0.717, 1.165) is 33.1 Å². The monoisotopic (exact) mass is 599 g/mol. The molecule has 220 valence electrons. The van der Waals surface area contributed by atoms with Crippen molar-refractivity contribution < 1.29 is 0 Å². The molecule has 2 aliphatic rings. The smallest absolute Gasteiger partial charge is 0.0979 e. The van der Waals surface area contributed by atoms with Crippen LogP contribution in [0, 0.1) is 0 Å². The molecule has 0 saturated heterocycles. The number of rotatable bonds is 3. The fourth-order valence-corrected chi connectivity index (χ4v) is 7.93. The lowest BCUT2D eigenvalue weighted by Crippen LogP contribution is -2.28. The van der Waals surface area contributed by atoms with Gasteiger partial charge in [-0.05, 0) is 62.5 Å². The molecule has 1 aliphatic heterocycles. The number of allylic oxidation sites excluding steroid dienone is 2. The second kappa shape index (κ2) is 10.2. The van der Waals surface area contributed by atoms with Crippen molar-refractivity contribution in [2.75, 3.05) is 4.90 Å².